The number of nitrogens with zero attached hydrogens (tertiary/aromatic N) is 2. The van der Waals surface area contributed by atoms with Gasteiger partial charge in [-0.2, -0.15) is 0 Å². The highest BCUT2D eigenvalue weighted by atomic mass is 19.4. The fourth-order valence-electron chi connectivity index (χ4n) is 1.34. The first-order chi connectivity index (χ1) is 9.64. The number of aromatic nitrogens is 1. The number of nitro groups is 1. The van der Waals surface area contributed by atoms with Crippen LogP contribution in [-0.2, 0) is 16.0 Å². The van der Waals surface area contributed by atoms with E-state index in [1.54, 1.807) is 0 Å². The molecular formula is C10H9F3N2O6. The van der Waals surface area contributed by atoms with Gasteiger partial charge < -0.3 is 24.7 Å². The van der Waals surface area contributed by atoms with Crippen LogP contribution in [0.4, 0.5) is 19.0 Å². The average Bonchev–Trinajstić information content (AvgIpc) is 2.30. The summed E-state index contributed by atoms with van der Waals surface area (Å²) in [6.45, 7) is 1.44. The van der Waals surface area contributed by atoms with E-state index in [1.165, 1.54) is 6.92 Å². The van der Waals surface area contributed by atoms with E-state index in [0.717, 1.165) is 0 Å². The zero-order chi connectivity index (χ0) is 16.2. The van der Waals surface area contributed by atoms with Crippen molar-refractivity contribution in [3.8, 4) is 11.5 Å². The zero-order valence-corrected chi connectivity index (χ0v) is 10.5. The van der Waals surface area contributed by atoms with Crippen molar-refractivity contribution >= 4 is 11.8 Å². The quantitative estimate of drug-likeness (QED) is 0.500. The number of halogens is 3. The SMILES string of the molecule is CCOC(=O)Cc1nc([N+](=O)[O-])c(O)cc1OC(F)(F)F. The van der Waals surface area contributed by atoms with Crippen molar-refractivity contribution in [2.45, 2.75) is 19.7 Å². The van der Waals surface area contributed by atoms with Crippen molar-refractivity contribution < 1.29 is 37.5 Å². The first-order valence-corrected chi connectivity index (χ1v) is 5.42. The molecule has 0 spiro atoms. The molecular weight excluding hydrogens is 301 g/mol. The van der Waals surface area contributed by atoms with Crippen LogP contribution >= 0.6 is 0 Å². The topological polar surface area (TPSA) is 112 Å². The monoisotopic (exact) mass is 310 g/mol. The summed E-state index contributed by atoms with van der Waals surface area (Å²) in [4.78, 5) is 23.9. The van der Waals surface area contributed by atoms with Crippen LogP contribution < -0.4 is 4.74 Å². The fraction of sp³-hybridized carbons (Fsp3) is 0.400. The Bertz CT molecular complexity index is 560. The first kappa shape index (κ1) is 16.5. The Kier molecular flexibility index (Phi) is 4.89. The highest BCUT2D eigenvalue weighted by Crippen LogP contribution is 2.33. The highest BCUT2D eigenvalue weighted by molar-refractivity contribution is 5.73. The van der Waals surface area contributed by atoms with Gasteiger partial charge in [-0.15, -0.1) is 13.2 Å². The highest BCUT2D eigenvalue weighted by Gasteiger charge is 2.35. The molecule has 1 aromatic heterocycles. The van der Waals surface area contributed by atoms with Crippen molar-refractivity contribution in [3.63, 3.8) is 0 Å². The molecule has 21 heavy (non-hydrogen) atoms. The van der Waals surface area contributed by atoms with Crippen molar-refractivity contribution in [2.24, 2.45) is 0 Å². The maximum atomic E-state index is 12.2. The number of aromatic hydroxyl groups is 1. The second-order valence-corrected chi connectivity index (χ2v) is 3.56. The van der Waals surface area contributed by atoms with E-state index < -0.39 is 46.7 Å². The molecule has 0 aliphatic rings. The molecule has 11 heteroatoms. The van der Waals surface area contributed by atoms with Gasteiger partial charge in [-0.3, -0.25) is 4.79 Å². The van der Waals surface area contributed by atoms with Gasteiger partial charge in [0.25, 0.3) is 0 Å². The van der Waals surface area contributed by atoms with E-state index in [-0.39, 0.29) is 6.61 Å². The van der Waals surface area contributed by atoms with Gasteiger partial charge in [-0.25, -0.2) is 0 Å². The molecule has 0 fully saturated rings. The van der Waals surface area contributed by atoms with Crippen LogP contribution in [0.1, 0.15) is 12.6 Å². The Hall–Kier alpha value is -2.59. The van der Waals surface area contributed by atoms with Crippen LogP contribution in [0.5, 0.6) is 11.5 Å². The number of pyridine rings is 1. The second kappa shape index (κ2) is 6.24. The Morgan fingerprint density at radius 3 is 2.62 bits per heavy atom. The molecule has 116 valence electrons. The molecule has 0 aromatic carbocycles. The fourth-order valence-corrected chi connectivity index (χ4v) is 1.34. The van der Waals surface area contributed by atoms with Crippen molar-refractivity contribution in [1.82, 2.24) is 4.98 Å². The summed E-state index contributed by atoms with van der Waals surface area (Å²) in [6, 6.07) is 0.368. The van der Waals surface area contributed by atoms with Gasteiger partial charge in [0.1, 0.15) is 6.42 Å². The average molecular weight is 310 g/mol. The standard InChI is InChI=1S/C10H9F3N2O6/c1-2-20-8(17)3-5-7(21-10(11,12)13)4-6(16)9(14-5)15(18)19/h4,16H,2-3H2,1H3. The number of ether oxygens (including phenoxy) is 2. The number of esters is 1. The lowest BCUT2D eigenvalue weighted by molar-refractivity contribution is -0.390. The van der Waals surface area contributed by atoms with E-state index >= 15 is 0 Å². The smallest absolute Gasteiger partial charge is 0.501 e. The number of carbonyl (C=O) groups is 1. The minimum absolute atomic E-state index is 0.0333. The number of hydrogen-bond acceptors (Lipinski definition) is 7. The van der Waals surface area contributed by atoms with Gasteiger partial charge >= 0.3 is 18.1 Å². The molecule has 0 bridgehead atoms. The van der Waals surface area contributed by atoms with Gasteiger partial charge in [-0.05, 0) is 16.8 Å². The van der Waals surface area contributed by atoms with Crippen LogP contribution in [0.15, 0.2) is 6.07 Å². The van der Waals surface area contributed by atoms with E-state index in [0.29, 0.717) is 6.07 Å². The number of carbonyl (C=O) groups excluding carboxylic acids is 1. The predicted octanol–water partition coefficient (Wildman–Crippen LogP) is 1.70. The minimum atomic E-state index is -5.12. The van der Waals surface area contributed by atoms with E-state index in [4.69, 9.17) is 0 Å². The minimum Gasteiger partial charge on any atom is -0.501 e. The number of hydrogen-bond donors (Lipinski definition) is 1. The molecule has 0 saturated heterocycles. The van der Waals surface area contributed by atoms with Crippen LogP contribution in [0.25, 0.3) is 0 Å². The molecule has 0 amide bonds. The molecule has 8 nitrogen and oxygen atoms in total. The third kappa shape index (κ3) is 4.78. The summed E-state index contributed by atoms with van der Waals surface area (Å²) < 4.78 is 44.7. The lowest BCUT2D eigenvalue weighted by atomic mass is 10.2. The summed E-state index contributed by atoms with van der Waals surface area (Å²) in [5.74, 6) is -4.17. The number of alkyl halides is 3. The van der Waals surface area contributed by atoms with Crippen LogP contribution in [0.2, 0.25) is 0 Å². The molecule has 0 aliphatic heterocycles. The lowest BCUT2D eigenvalue weighted by Crippen LogP contribution is -2.20. The molecule has 1 N–H and O–H groups in total. The first-order valence-electron chi connectivity index (χ1n) is 5.42. The maximum Gasteiger partial charge on any atom is 0.573 e. The van der Waals surface area contributed by atoms with E-state index in [9.17, 15) is 33.2 Å². The predicted molar refractivity (Wildman–Crippen MR) is 59.6 cm³/mol. The normalized spacial score (nSPS) is 11.0. The summed E-state index contributed by atoms with van der Waals surface area (Å²) in [6.07, 6.45) is -5.89. The van der Waals surface area contributed by atoms with Crippen molar-refractivity contribution in [3.05, 3.63) is 21.9 Å². The van der Waals surface area contributed by atoms with Gasteiger partial charge in [0, 0.05) is 6.07 Å². The summed E-state index contributed by atoms with van der Waals surface area (Å²) in [5.41, 5.74) is -0.671. The molecule has 0 unspecified atom stereocenters. The van der Waals surface area contributed by atoms with Gasteiger partial charge in [0.2, 0.25) is 11.4 Å². The second-order valence-electron chi connectivity index (χ2n) is 3.56. The third-order valence-corrected chi connectivity index (χ3v) is 2.04. The van der Waals surface area contributed by atoms with Crippen LogP contribution in [-0.4, -0.2) is 34.0 Å². The Morgan fingerprint density at radius 2 is 2.14 bits per heavy atom. The Labute approximate surface area is 115 Å². The molecule has 0 saturated carbocycles. The molecule has 1 rings (SSSR count). The maximum absolute atomic E-state index is 12.2. The summed E-state index contributed by atoms with van der Waals surface area (Å²) in [7, 11) is 0. The molecule has 0 atom stereocenters. The molecule has 0 aliphatic carbocycles. The van der Waals surface area contributed by atoms with E-state index in [2.05, 4.69) is 14.5 Å². The van der Waals surface area contributed by atoms with Crippen molar-refractivity contribution in [2.75, 3.05) is 6.61 Å². The summed E-state index contributed by atoms with van der Waals surface area (Å²) >= 11 is 0. The molecule has 0 radical (unpaired) electrons. The zero-order valence-electron chi connectivity index (χ0n) is 10.5. The van der Waals surface area contributed by atoms with Crippen LogP contribution in [0, 0.1) is 10.1 Å². The number of rotatable bonds is 5. The van der Waals surface area contributed by atoms with Gasteiger partial charge in [0.05, 0.1) is 6.61 Å². The largest absolute Gasteiger partial charge is 0.573 e. The van der Waals surface area contributed by atoms with Crippen LogP contribution in [0.3, 0.4) is 0 Å². The van der Waals surface area contributed by atoms with Crippen molar-refractivity contribution in [1.29, 1.82) is 0 Å². The molecule has 1 heterocycles. The third-order valence-electron chi connectivity index (χ3n) is 2.04. The molecule has 1 aromatic rings. The summed E-state index contributed by atoms with van der Waals surface area (Å²) in [5, 5.41) is 19.8. The van der Waals surface area contributed by atoms with Gasteiger partial charge in [-0.1, -0.05) is 0 Å². The van der Waals surface area contributed by atoms with E-state index in [1.807, 2.05) is 0 Å². The Morgan fingerprint density at radius 1 is 1.52 bits per heavy atom. The van der Waals surface area contributed by atoms with Gasteiger partial charge in [0.15, 0.2) is 5.75 Å². The Balaban J connectivity index is 3.23. The lowest BCUT2D eigenvalue weighted by Gasteiger charge is -2.10.